The van der Waals surface area contributed by atoms with E-state index < -0.39 is 0 Å². The highest BCUT2D eigenvalue weighted by atomic mass is 32.1. The molecule has 3 heterocycles. The Morgan fingerprint density at radius 1 is 0.554 bits per heavy atom. The highest BCUT2D eigenvalue weighted by Gasteiger charge is 2.33. The molecule has 0 amide bonds. The van der Waals surface area contributed by atoms with Gasteiger partial charge in [0.05, 0.1) is 5.52 Å². The van der Waals surface area contributed by atoms with E-state index in [4.69, 9.17) is 0 Å². The van der Waals surface area contributed by atoms with Crippen molar-refractivity contribution in [3.05, 3.63) is 138 Å². The van der Waals surface area contributed by atoms with Crippen molar-refractivity contribution in [1.29, 1.82) is 0 Å². The van der Waals surface area contributed by atoms with E-state index in [1.807, 2.05) is 11.3 Å². The van der Waals surface area contributed by atoms with Gasteiger partial charge in [0.15, 0.2) is 7.28 Å². The van der Waals surface area contributed by atoms with Gasteiger partial charge in [-0.2, -0.15) is 0 Å². The normalized spacial score (nSPS) is 13.2. The molecule has 4 heteroatoms. The Labute approximate surface area is 335 Å². The zero-order chi connectivity index (χ0) is 38.9. The fourth-order valence-electron chi connectivity index (χ4n) is 9.21. The predicted octanol–water partition coefficient (Wildman–Crippen LogP) is 13.3. The molecule has 9 aromatic rings. The third-order valence-corrected chi connectivity index (χ3v) is 13.4. The third kappa shape index (κ3) is 5.44. The number of nitrogens with zero attached hydrogens (tertiary/aromatic N) is 1. The van der Waals surface area contributed by atoms with Crippen molar-refractivity contribution in [2.75, 3.05) is 5.32 Å². The summed E-state index contributed by atoms with van der Waals surface area (Å²) in [7, 11) is 0.867. The molecule has 0 aliphatic carbocycles. The molecule has 56 heavy (non-hydrogen) atoms. The van der Waals surface area contributed by atoms with E-state index in [9.17, 15) is 0 Å². The largest absolute Gasteiger partial charge is 0.355 e. The highest BCUT2D eigenvalue weighted by molar-refractivity contribution is 7.25. The standard InChI is InChI=1S/C52H49BN2S/c1-50(2,3)31-19-22-33(23-20-31)54-41-29-45-37(35-16-12-13-17-44(35)56-45)27-36(41)38-28-39(52(7,8)9)47-46-34-15-11-10-14-30(34)18-24-43(46)55-42-25-21-32(51(4,5)6)26-40(42)53-48(38)49(47)55/h10-29,53-54H,1-9H3. The predicted molar refractivity (Wildman–Crippen MR) is 249 cm³/mol. The number of thiophene rings is 1. The molecule has 0 atom stereocenters. The van der Waals surface area contributed by atoms with Crippen molar-refractivity contribution in [3.8, 4) is 16.8 Å². The van der Waals surface area contributed by atoms with E-state index in [2.05, 4.69) is 194 Å². The average molecular weight is 745 g/mol. The first-order valence-electron chi connectivity index (χ1n) is 20.1. The lowest BCUT2D eigenvalue weighted by atomic mass is 9.57. The summed E-state index contributed by atoms with van der Waals surface area (Å²) in [6, 6.07) is 46.3. The molecule has 0 unspecified atom stereocenters. The van der Waals surface area contributed by atoms with Crippen LogP contribution >= 0.6 is 11.3 Å². The van der Waals surface area contributed by atoms with E-state index in [0.29, 0.717) is 0 Å². The van der Waals surface area contributed by atoms with Gasteiger partial charge >= 0.3 is 0 Å². The fourth-order valence-corrected chi connectivity index (χ4v) is 10.3. The average Bonchev–Trinajstić information content (AvgIpc) is 3.70. The van der Waals surface area contributed by atoms with Crippen LogP contribution in [0.2, 0.25) is 0 Å². The minimum atomic E-state index is -0.116. The lowest BCUT2D eigenvalue weighted by molar-refractivity contribution is 0.590. The van der Waals surface area contributed by atoms with Gasteiger partial charge in [0.1, 0.15) is 0 Å². The molecular weight excluding hydrogens is 695 g/mol. The Kier molecular flexibility index (Phi) is 7.58. The summed E-state index contributed by atoms with van der Waals surface area (Å²) in [6.45, 7) is 21.0. The Hall–Kier alpha value is -5.32. The van der Waals surface area contributed by atoms with Crippen LogP contribution in [0.25, 0.3) is 69.6 Å². The monoisotopic (exact) mass is 744 g/mol. The SMILES string of the molecule is CC(C)(C)c1ccc(Nc2cc3sc4ccccc4c3cc2-c2cc(C(C)(C)C)c3c4c5ccccc5ccc4n4c3c2Bc2cc(C(C)(C)C)ccc2-4)cc1. The number of rotatable bonds is 3. The van der Waals surface area contributed by atoms with Gasteiger partial charge in [-0.15, -0.1) is 11.3 Å². The Morgan fingerprint density at radius 3 is 1.98 bits per heavy atom. The van der Waals surface area contributed by atoms with Crippen LogP contribution in [0, 0.1) is 0 Å². The molecule has 0 saturated carbocycles. The second-order valence-corrected chi connectivity index (χ2v) is 20.2. The molecule has 276 valence electrons. The number of aromatic nitrogens is 1. The first kappa shape index (κ1) is 35.1. The summed E-state index contributed by atoms with van der Waals surface area (Å²) >= 11 is 1.88. The van der Waals surface area contributed by atoms with Gasteiger partial charge in [0.25, 0.3) is 0 Å². The number of nitrogens with one attached hydrogen (secondary N) is 1. The van der Waals surface area contributed by atoms with Gasteiger partial charge < -0.3 is 9.88 Å². The van der Waals surface area contributed by atoms with Crippen LogP contribution in [0.1, 0.15) is 79.0 Å². The maximum Gasteiger partial charge on any atom is 0.198 e. The molecular formula is C52H49BN2S. The number of hydrogen-bond donors (Lipinski definition) is 1. The molecule has 0 radical (unpaired) electrons. The number of fused-ring (bicyclic) bond motifs is 10. The summed E-state index contributed by atoms with van der Waals surface area (Å²) in [4.78, 5) is 0. The summed E-state index contributed by atoms with van der Waals surface area (Å²) in [5, 5.41) is 12.0. The van der Waals surface area contributed by atoms with Crippen molar-refractivity contribution in [2.45, 2.75) is 78.6 Å². The molecule has 1 N–H and O–H groups in total. The van der Waals surface area contributed by atoms with Gasteiger partial charge in [0.2, 0.25) is 0 Å². The maximum atomic E-state index is 3.98. The van der Waals surface area contributed by atoms with E-state index in [0.717, 1.165) is 18.7 Å². The molecule has 1 aliphatic rings. The zero-order valence-electron chi connectivity index (χ0n) is 34.1. The van der Waals surface area contributed by atoms with Crippen molar-refractivity contribution >= 4 is 93.7 Å². The van der Waals surface area contributed by atoms with Crippen LogP contribution < -0.4 is 16.2 Å². The fraction of sp³-hybridized carbons (Fsp3) is 0.231. The third-order valence-electron chi connectivity index (χ3n) is 12.2. The zero-order valence-corrected chi connectivity index (χ0v) is 34.9. The van der Waals surface area contributed by atoms with Crippen LogP contribution in [0.4, 0.5) is 11.4 Å². The van der Waals surface area contributed by atoms with Crippen LogP contribution in [0.3, 0.4) is 0 Å². The smallest absolute Gasteiger partial charge is 0.198 e. The molecule has 0 spiro atoms. The van der Waals surface area contributed by atoms with Crippen molar-refractivity contribution in [3.63, 3.8) is 0 Å². The van der Waals surface area contributed by atoms with Gasteiger partial charge in [0, 0.05) is 59.1 Å². The Bertz CT molecular complexity index is 3070. The van der Waals surface area contributed by atoms with Crippen molar-refractivity contribution < 1.29 is 0 Å². The first-order valence-corrected chi connectivity index (χ1v) is 21.0. The van der Waals surface area contributed by atoms with Gasteiger partial charge in [-0.05, 0) is 97.2 Å². The lowest BCUT2D eigenvalue weighted by Crippen LogP contribution is -2.38. The molecule has 2 aromatic heterocycles. The van der Waals surface area contributed by atoms with Crippen LogP contribution in [0.15, 0.2) is 121 Å². The van der Waals surface area contributed by atoms with Crippen molar-refractivity contribution in [1.82, 2.24) is 4.57 Å². The minimum absolute atomic E-state index is 0.0448. The second-order valence-electron chi connectivity index (χ2n) is 19.2. The number of hydrogen-bond acceptors (Lipinski definition) is 2. The second kappa shape index (κ2) is 12.1. The maximum absolute atomic E-state index is 3.98. The lowest BCUT2D eigenvalue weighted by Gasteiger charge is -2.29. The molecule has 0 saturated heterocycles. The molecule has 0 fully saturated rings. The van der Waals surface area contributed by atoms with E-state index in [1.165, 1.54) is 97.2 Å². The molecule has 0 bridgehead atoms. The summed E-state index contributed by atoms with van der Waals surface area (Å²) < 4.78 is 5.24. The Morgan fingerprint density at radius 2 is 1.25 bits per heavy atom. The van der Waals surface area contributed by atoms with E-state index in [1.54, 1.807) is 0 Å². The molecule has 2 nitrogen and oxygen atoms in total. The number of benzene rings is 7. The summed E-state index contributed by atoms with van der Waals surface area (Å²) in [5.74, 6) is 0. The van der Waals surface area contributed by atoms with Crippen molar-refractivity contribution in [2.24, 2.45) is 0 Å². The van der Waals surface area contributed by atoms with Gasteiger partial charge in [-0.1, -0.05) is 147 Å². The summed E-state index contributed by atoms with van der Waals surface area (Å²) in [6.07, 6.45) is 0. The van der Waals surface area contributed by atoms with Crippen LogP contribution in [-0.4, -0.2) is 11.8 Å². The molecule has 7 aromatic carbocycles. The van der Waals surface area contributed by atoms with Crippen LogP contribution in [-0.2, 0) is 16.2 Å². The summed E-state index contributed by atoms with van der Waals surface area (Å²) in [5.41, 5.74) is 15.6. The van der Waals surface area contributed by atoms with E-state index in [-0.39, 0.29) is 16.2 Å². The topological polar surface area (TPSA) is 17.0 Å². The first-order chi connectivity index (χ1) is 26.6. The van der Waals surface area contributed by atoms with Crippen LogP contribution in [0.5, 0.6) is 0 Å². The Balaban J connectivity index is 1.34. The number of anilines is 2. The molecule has 10 rings (SSSR count). The quantitative estimate of drug-likeness (QED) is 0.178. The highest BCUT2D eigenvalue weighted by Crippen LogP contribution is 2.47. The minimum Gasteiger partial charge on any atom is -0.355 e. The van der Waals surface area contributed by atoms with Gasteiger partial charge in [-0.25, -0.2) is 0 Å². The molecule has 1 aliphatic heterocycles. The van der Waals surface area contributed by atoms with Gasteiger partial charge in [-0.3, -0.25) is 0 Å². The van der Waals surface area contributed by atoms with E-state index >= 15 is 0 Å².